The molecule has 0 aliphatic rings. The first-order chi connectivity index (χ1) is 9.81. The van der Waals surface area contributed by atoms with Crippen LogP contribution in [0.5, 0.6) is 0 Å². The highest BCUT2D eigenvalue weighted by atomic mass is 14.9. The lowest BCUT2D eigenvalue weighted by Crippen LogP contribution is -2.32. The fourth-order valence-electron chi connectivity index (χ4n) is 3.04. The number of rotatable bonds is 3. The normalized spacial score (nSPS) is 11.5. The van der Waals surface area contributed by atoms with E-state index in [9.17, 15) is 0 Å². The Balaban J connectivity index is 2.67. The summed E-state index contributed by atoms with van der Waals surface area (Å²) in [5.74, 6) is 1.11. The summed E-state index contributed by atoms with van der Waals surface area (Å²) in [4.78, 5) is 0. The monoisotopic (exact) mass is 282 g/mol. The molecule has 1 aromatic carbocycles. The van der Waals surface area contributed by atoms with Crippen LogP contribution in [0, 0.1) is 13.8 Å². The van der Waals surface area contributed by atoms with Crippen molar-refractivity contribution in [3.63, 3.8) is 0 Å². The van der Waals surface area contributed by atoms with Gasteiger partial charge < -0.3 is 0 Å². The van der Waals surface area contributed by atoms with E-state index < -0.39 is 0 Å². The second-order valence-electron chi connectivity index (χ2n) is 6.81. The third-order valence-electron chi connectivity index (χ3n) is 4.24. The molecule has 21 heavy (non-hydrogen) atoms. The molecule has 1 aromatic heterocycles. The van der Waals surface area contributed by atoms with Crippen LogP contribution in [0.3, 0.4) is 0 Å². The molecule has 0 unspecified atom stereocenters. The quantitative estimate of drug-likeness (QED) is 0.694. The standard InChI is InChI=1S/C20H28N/c1-13(2)18-11-20(21(7)12-19(18)14(3)4)17-9-8-15(5)10-16(17)6/h8-14H,1-7H3/q+1. The second kappa shape index (κ2) is 6.01. The molecule has 0 aliphatic carbocycles. The summed E-state index contributed by atoms with van der Waals surface area (Å²) >= 11 is 0. The molecule has 0 bridgehead atoms. The fourth-order valence-corrected chi connectivity index (χ4v) is 3.04. The Kier molecular flexibility index (Phi) is 4.51. The minimum atomic E-state index is 0.549. The first kappa shape index (κ1) is 15.8. The van der Waals surface area contributed by atoms with Gasteiger partial charge in [-0.2, -0.15) is 0 Å². The van der Waals surface area contributed by atoms with E-state index in [-0.39, 0.29) is 0 Å². The molecule has 0 spiro atoms. The molecule has 1 heteroatoms. The maximum Gasteiger partial charge on any atom is 0.212 e. The zero-order chi connectivity index (χ0) is 15.7. The maximum atomic E-state index is 2.39. The molecule has 0 saturated carbocycles. The van der Waals surface area contributed by atoms with Crippen molar-refractivity contribution in [1.82, 2.24) is 0 Å². The lowest BCUT2D eigenvalue weighted by molar-refractivity contribution is -0.661. The van der Waals surface area contributed by atoms with Gasteiger partial charge in [-0.15, -0.1) is 0 Å². The van der Waals surface area contributed by atoms with Crippen molar-refractivity contribution < 1.29 is 4.57 Å². The van der Waals surface area contributed by atoms with Gasteiger partial charge in [0.25, 0.3) is 0 Å². The topological polar surface area (TPSA) is 3.88 Å². The smallest absolute Gasteiger partial charge is 0.201 e. The molecule has 0 amide bonds. The Hall–Kier alpha value is -1.63. The molecule has 0 saturated heterocycles. The Morgan fingerprint density at radius 2 is 1.48 bits per heavy atom. The average Bonchev–Trinajstić information content (AvgIpc) is 2.38. The SMILES string of the molecule is Cc1ccc(-c2cc(C(C)C)c(C(C)C)c[n+]2C)c(C)c1. The Morgan fingerprint density at radius 1 is 0.857 bits per heavy atom. The molecule has 0 fully saturated rings. The number of pyridine rings is 1. The largest absolute Gasteiger partial charge is 0.212 e. The summed E-state index contributed by atoms with van der Waals surface area (Å²) in [6, 6.07) is 9.10. The molecule has 112 valence electrons. The van der Waals surface area contributed by atoms with Crippen molar-refractivity contribution in [2.45, 2.75) is 53.4 Å². The van der Waals surface area contributed by atoms with E-state index >= 15 is 0 Å². The first-order valence-electron chi connectivity index (χ1n) is 7.92. The van der Waals surface area contributed by atoms with Gasteiger partial charge in [-0.25, -0.2) is 4.57 Å². The van der Waals surface area contributed by atoms with Crippen LogP contribution in [0.25, 0.3) is 11.3 Å². The Labute approximate surface area is 129 Å². The Bertz CT molecular complexity index is 651. The molecule has 0 N–H and O–H groups in total. The van der Waals surface area contributed by atoms with Gasteiger partial charge in [0.05, 0.1) is 0 Å². The van der Waals surface area contributed by atoms with Gasteiger partial charge in [0.15, 0.2) is 6.20 Å². The van der Waals surface area contributed by atoms with Crippen LogP contribution in [0.1, 0.15) is 61.8 Å². The molecule has 0 aliphatic heterocycles. The van der Waals surface area contributed by atoms with E-state index in [1.54, 1.807) is 0 Å². The highest BCUT2D eigenvalue weighted by molar-refractivity contribution is 5.62. The van der Waals surface area contributed by atoms with Crippen molar-refractivity contribution in [3.05, 3.63) is 52.7 Å². The van der Waals surface area contributed by atoms with Gasteiger partial charge in [-0.05, 0) is 42.9 Å². The van der Waals surface area contributed by atoms with E-state index in [1.165, 1.54) is 33.5 Å². The van der Waals surface area contributed by atoms with Crippen LogP contribution >= 0.6 is 0 Å². The van der Waals surface area contributed by atoms with Crippen LogP contribution < -0.4 is 4.57 Å². The van der Waals surface area contributed by atoms with E-state index in [1.807, 2.05) is 0 Å². The van der Waals surface area contributed by atoms with Gasteiger partial charge >= 0.3 is 0 Å². The van der Waals surface area contributed by atoms with Crippen LogP contribution in [-0.2, 0) is 7.05 Å². The van der Waals surface area contributed by atoms with Crippen LogP contribution in [0.2, 0.25) is 0 Å². The summed E-state index contributed by atoms with van der Waals surface area (Å²) in [5.41, 5.74) is 8.24. The number of nitrogens with zero attached hydrogens (tertiary/aromatic N) is 1. The van der Waals surface area contributed by atoms with Crippen LogP contribution in [0.15, 0.2) is 30.5 Å². The zero-order valence-electron chi connectivity index (χ0n) is 14.5. The number of aryl methyl sites for hydroxylation is 3. The predicted molar refractivity (Wildman–Crippen MR) is 90.7 cm³/mol. The average molecular weight is 282 g/mol. The molecule has 2 aromatic rings. The third kappa shape index (κ3) is 3.18. The Morgan fingerprint density at radius 3 is 2.00 bits per heavy atom. The van der Waals surface area contributed by atoms with E-state index in [0.29, 0.717) is 11.8 Å². The molecule has 1 nitrogen and oxygen atoms in total. The van der Waals surface area contributed by atoms with Crippen molar-refractivity contribution in [3.8, 4) is 11.3 Å². The predicted octanol–water partition coefficient (Wildman–Crippen LogP) is 5.04. The second-order valence-corrected chi connectivity index (χ2v) is 6.81. The van der Waals surface area contributed by atoms with Crippen LogP contribution in [-0.4, -0.2) is 0 Å². The molecular weight excluding hydrogens is 254 g/mol. The minimum Gasteiger partial charge on any atom is -0.201 e. The van der Waals surface area contributed by atoms with Gasteiger partial charge in [-0.1, -0.05) is 45.4 Å². The summed E-state index contributed by atoms with van der Waals surface area (Å²) in [7, 11) is 2.16. The van der Waals surface area contributed by atoms with E-state index in [4.69, 9.17) is 0 Å². The molecule has 0 atom stereocenters. The van der Waals surface area contributed by atoms with Gasteiger partial charge in [0.1, 0.15) is 7.05 Å². The van der Waals surface area contributed by atoms with Crippen molar-refractivity contribution in [2.75, 3.05) is 0 Å². The molecule has 1 heterocycles. The van der Waals surface area contributed by atoms with Gasteiger partial charge in [0.2, 0.25) is 5.69 Å². The van der Waals surface area contributed by atoms with E-state index in [2.05, 4.69) is 83.6 Å². The number of benzene rings is 1. The third-order valence-corrected chi connectivity index (χ3v) is 4.24. The maximum absolute atomic E-state index is 2.39. The van der Waals surface area contributed by atoms with Crippen LogP contribution in [0.4, 0.5) is 0 Å². The van der Waals surface area contributed by atoms with Gasteiger partial charge in [0, 0.05) is 17.2 Å². The summed E-state index contributed by atoms with van der Waals surface area (Å²) in [5, 5.41) is 0. The lowest BCUT2D eigenvalue weighted by Gasteiger charge is -2.16. The van der Waals surface area contributed by atoms with Crippen molar-refractivity contribution in [1.29, 1.82) is 0 Å². The van der Waals surface area contributed by atoms with E-state index in [0.717, 1.165) is 0 Å². The summed E-state index contributed by atoms with van der Waals surface area (Å²) in [6.07, 6.45) is 2.31. The number of hydrogen-bond acceptors (Lipinski definition) is 0. The van der Waals surface area contributed by atoms with Crippen molar-refractivity contribution in [2.24, 2.45) is 7.05 Å². The molecular formula is C20H28N+. The van der Waals surface area contributed by atoms with Gasteiger partial charge in [-0.3, -0.25) is 0 Å². The number of hydrogen-bond donors (Lipinski definition) is 0. The first-order valence-corrected chi connectivity index (χ1v) is 7.92. The molecule has 2 rings (SSSR count). The summed E-state index contributed by atoms with van der Waals surface area (Å²) < 4.78 is 2.28. The van der Waals surface area contributed by atoms with Crippen molar-refractivity contribution >= 4 is 0 Å². The fraction of sp³-hybridized carbons (Fsp3) is 0.450. The minimum absolute atomic E-state index is 0.549. The lowest BCUT2D eigenvalue weighted by atomic mass is 9.90. The zero-order valence-corrected chi connectivity index (χ0v) is 14.5. The number of aromatic nitrogens is 1. The summed E-state index contributed by atoms with van der Waals surface area (Å²) in [6.45, 7) is 13.5. The molecule has 0 radical (unpaired) electrons. The highest BCUT2D eigenvalue weighted by Crippen LogP contribution is 2.29. The highest BCUT2D eigenvalue weighted by Gasteiger charge is 2.20.